The van der Waals surface area contributed by atoms with Gasteiger partial charge in [-0.2, -0.15) is 0 Å². The Bertz CT molecular complexity index is 706. The molecule has 130 valence electrons. The second kappa shape index (κ2) is 7.63. The largest absolute Gasteiger partial charge is 0.340 e. The third-order valence-corrected chi connectivity index (χ3v) is 6.41. The first-order valence-corrected chi connectivity index (χ1v) is 9.99. The van der Waals surface area contributed by atoms with E-state index in [0.717, 1.165) is 30.0 Å². The molecule has 0 aromatic heterocycles. The number of fused-ring (bicyclic) bond motifs is 2. The van der Waals surface area contributed by atoms with Crippen LogP contribution in [0.2, 0.25) is 0 Å². The van der Waals surface area contributed by atoms with E-state index in [4.69, 9.17) is 0 Å². The van der Waals surface area contributed by atoms with Gasteiger partial charge in [0.15, 0.2) is 0 Å². The van der Waals surface area contributed by atoms with Gasteiger partial charge < -0.3 is 10.2 Å². The standard InChI is InChI=1S/C21H24N2OS/c24-21(23-14-13-17-11-12-18(15-23)22-17)20(16-7-3-1-4-8-16)25-19-9-5-2-6-10-19/h1-10,17-18,20,22H,11-15H2. The van der Waals surface area contributed by atoms with Crippen LogP contribution in [0.25, 0.3) is 0 Å². The number of hydrogen-bond donors (Lipinski definition) is 1. The average Bonchev–Trinajstić information content (AvgIpc) is 2.99. The number of hydrogen-bond acceptors (Lipinski definition) is 3. The lowest BCUT2D eigenvalue weighted by molar-refractivity contribution is -0.131. The second-order valence-electron chi connectivity index (χ2n) is 6.93. The van der Waals surface area contributed by atoms with E-state index in [1.54, 1.807) is 11.8 Å². The minimum Gasteiger partial charge on any atom is -0.340 e. The Morgan fingerprint density at radius 1 is 0.960 bits per heavy atom. The number of benzene rings is 2. The molecule has 4 rings (SSSR count). The van der Waals surface area contributed by atoms with E-state index in [0.29, 0.717) is 12.1 Å². The Balaban J connectivity index is 1.57. The molecule has 2 aromatic rings. The summed E-state index contributed by atoms with van der Waals surface area (Å²) < 4.78 is 0. The van der Waals surface area contributed by atoms with Gasteiger partial charge in [-0.05, 0) is 37.0 Å². The fraction of sp³-hybridized carbons (Fsp3) is 0.381. The van der Waals surface area contributed by atoms with Crippen LogP contribution in [0.4, 0.5) is 0 Å². The lowest BCUT2D eigenvalue weighted by atomic mass is 10.1. The highest BCUT2D eigenvalue weighted by atomic mass is 32.2. The molecule has 2 fully saturated rings. The van der Waals surface area contributed by atoms with Crippen LogP contribution in [0, 0.1) is 0 Å². The van der Waals surface area contributed by atoms with Gasteiger partial charge in [-0.3, -0.25) is 4.79 Å². The quantitative estimate of drug-likeness (QED) is 0.848. The van der Waals surface area contributed by atoms with Gasteiger partial charge in [0.05, 0.1) is 0 Å². The molecule has 0 saturated carbocycles. The molecule has 3 unspecified atom stereocenters. The van der Waals surface area contributed by atoms with Gasteiger partial charge in [-0.15, -0.1) is 11.8 Å². The van der Waals surface area contributed by atoms with Crippen LogP contribution in [-0.2, 0) is 4.79 Å². The van der Waals surface area contributed by atoms with E-state index in [1.165, 1.54) is 12.8 Å². The molecule has 0 radical (unpaired) electrons. The van der Waals surface area contributed by atoms with Crippen molar-refractivity contribution in [3.63, 3.8) is 0 Å². The van der Waals surface area contributed by atoms with E-state index >= 15 is 0 Å². The zero-order valence-electron chi connectivity index (χ0n) is 14.3. The van der Waals surface area contributed by atoms with Gasteiger partial charge in [-0.1, -0.05) is 48.5 Å². The molecule has 1 amide bonds. The van der Waals surface area contributed by atoms with E-state index in [1.807, 2.05) is 36.4 Å². The van der Waals surface area contributed by atoms with Gasteiger partial charge >= 0.3 is 0 Å². The zero-order valence-corrected chi connectivity index (χ0v) is 15.1. The van der Waals surface area contributed by atoms with Gasteiger partial charge in [0.2, 0.25) is 5.91 Å². The fourth-order valence-corrected chi connectivity index (χ4v) is 4.96. The van der Waals surface area contributed by atoms with Gasteiger partial charge in [-0.25, -0.2) is 0 Å². The summed E-state index contributed by atoms with van der Waals surface area (Å²) in [6.07, 6.45) is 3.52. The highest BCUT2D eigenvalue weighted by molar-refractivity contribution is 8.00. The number of thioether (sulfide) groups is 1. The average molecular weight is 353 g/mol. The minimum atomic E-state index is -0.180. The summed E-state index contributed by atoms with van der Waals surface area (Å²) in [6.45, 7) is 1.71. The molecular weight excluding hydrogens is 328 g/mol. The van der Waals surface area contributed by atoms with Crippen molar-refractivity contribution in [1.82, 2.24) is 10.2 Å². The summed E-state index contributed by atoms with van der Waals surface area (Å²) in [5.41, 5.74) is 1.09. The third-order valence-electron chi connectivity index (χ3n) is 5.16. The van der Waals surface area contributed by atoms with E-state index in [2.05, 4.69) is 34.5 Å². The van der Waals surface area contributed by atoms with E-state index < -0.39 is 0 Å². The number of likely N-dealkylation sites (tertiary alicyclic amines) is 1. The minimum absolute atomic E-state index is 0.180. The van der Waals surface area contributed by atoms with Crippen molar-refractivity contribution >= 4 is 17.7 Å². The molecule has 2 aromatic carbocycles. The molecule has 3 atom stereocenters. The predicted molar refractivity (Wildman–Crippen MR) is 103 cm³/mol. The van der Waals surface area contributed by atoms with E-state index in [-0.39, 0.29) is 11.2 Å². The molecule has 2 bridgehead atoms. The Hall–Kier alpha value is -1.78. The van der Waals surface area contributed by atoms with Crippen molar-refractivity contribution in [3.8, 4) is 0 Å². The van der Waals surface area contributed by atoms with Crippen LogP contribution in [0.5, 0.6) is 0 Å². The molecule has 2 saturated heterocycles. The lowest BCUT2D eigenvalue weighted by Gasteiger charge is -2.28. The SMILES string of the molecule is O=C(C(Sc1ccccc1)c1ccccc1)N1CCC2CCC(C1)N2. The number of nitrogens with zero attached hydrogens (tertiary/aromatic N) is 1. The highest BCUT2D eigenvalue weighted by Gasteiger charge is 2.34. The normalized spacial score (nSPS) is 23.9. The van der Waals surface area contributed by atoms with Crippen molar-refractivity contribution in [2.45, 2.75) is 41.5 Å². The number of carbonyl (C=O) groups is 1. The number of nitrogens with one attached hydrogen (secondary N) is 1. The molecule has 3 nitrogen and oxygen atoms in total. The summed E-state index contributed by atoms with van der Waals surface area (Å²) in [4.78, 5) is 16.6. The maximum atomic E-state index is 13.4. The molecule has 2 heterocycles. The topological polar surface area (TPSA) is 32.3 Å². The smallest absolute Gasteiger partial charge is 0.240 e. The van der Waals surface area contributed by atoms with Crippen LogP contribution in [-0.4, -0.2) is 36.0 Å². The van der Waals surface area contributed by atoms with Crippen LogP contribution in [0.1, 0.15) is 30.1 Å². The molecular formula is C21H24N2OS. The molecule has 4 heteroatoms. The van der Waals surface area contributed by atoms with Crippen LogP contribution >= 0.6 is 11.8 Å². The number of carbonyl (C=O) groups excluding carboxylic acids is 1. The maximum Gasteiger partial charge on any atom is 0.240 e. The molecule has 0 aliphatic carbocycles. The van der Waals surface area contributed by atoms with Crippen molar-refractivity contribution < 1.29 is 4.79 Å². The third kappa shape index (κ3) is 3.91. The van der Waals surface area contributed by atoms with Crippen molar-refractivity contribution in [1.29, 1.82) is 0 Å². The maximum absolute atomic E-state index is 13.4. The summed E-state index contributed by atoms with van der Waals surface area (Å²) >= 11 is 1.66. The molecule has 1 N–H and O–H groups in total. The van der Waals surface area contributed by atoms with Gasteiger partial charge in [0.25, 0.3) is 0 Å². The number of rotatable bonds is 4. The van der Waals surface area contributed by atoms with Gasteiger partial charge in [0.1, 0.15) is 5.25 Å². The Morgan fingerprint density at radius 3 is 2.40 bits per heavy atom. The van der Waals surface area contributed by atoms with Gasteiger partial charge in [0, 0.05) is 30.1 Å². The highest BCUT2D eigenvalue weighted by Crippen LogP contribution is 2.37. The first-order chi connectivity index (χ1) is 12.3. The zero-order chi connectivity index (χ0) is 17.1. The monoisotopic (exact) mass is 352 g/mol. The fourth-order valence-electron chi connectivity index (χ4n) is 3.83. The van der Waals surface area contributed by atoms with Crippen LogP contribution in [0.15, 0.2) is 65.6 Å². The number of amides is 1. The van der Waals surface area contributed by atoms with Crippen LogP contribution in [0.3, 0.4) is 0 Å². The predicted octanol–water partition coefficient (Wildman–Crippen LogP) is 3.87. The van der Waals surface area contributed by atoms with Crippen molar-refractivity contribution in [2.24, 2.45) is 0 Å². The van der Waals surface area contributed by atoms with Crippen LogP contribution < -0.4 is 5.32 Å². The summed E-state index contributed by atoms with van der Waals surface area (Å²) in [6, 6.07) is 21.5. The van der Waals surface area contributed by atoms with Crippen molar-refractivity contribution in [3.05, 3.63) is 66.2 Å². The Labute approximate surface area is 153 Å². The van der Waals surface area contributed by atoms with E-state index in [9.17, 15) is 4.79 Å². The first kappa shape index (κ1) is 16.7. The Morgan fingerprint density at radius 2 is 1.64 bits per heavy atom. The molecule has 2 aliphatic rings. The summed E-state index contributed by atoms with van der Waals surface area (Å²) in [5, 5.41) is 3.49. The lowest BCUT2D eigenvalue weighted by Crippen LogP contribution is -2.40. The van der Waals surface area contributed by atoms with Crippen molar-refractivity contribution in [2.75, 3.05) is 13.1 Å². The molecule has 25 heavy (non-hydrogen) atoms. The first-order valence-electron chi connectivity index (χ1n) is 9.11. The molecule has 2 aliphatic heterocycles. The second-order valence-corrected chi connectivity index (χ2v) is 8.11. The molecule has 0 spiro atoms. The summed E-state index contributed by atoms with van der Waals surface area (Å²) in [5.74, 6) is 0.245. The Kier molecular flexibility index (Phi) is 5.09. The summed E-state index contributed by atoms with van der Waals surface area (Å²) in [7, 11) is 0.